The monoisotopic (exact) mass is 304 g/mol. The lowest BCUT2D eigenvalue weighted by Gasteiger charge is -2.25. The van der Waals surface area contributed by atoms with Crippen LogP contribution in [0.25, 0.3) is 0 Å². The van der Waals surface area contributed by atoms with E-state index < -0.39 is 0 Å². The zero-order chi connectivity index (χ0) is 15.0. The van der Waals surface area contributed by atoms with Crippen LogP contribution in [0.2, 0.25) is 0 Å². The zero-order valence-corrected chi connectivity index (χ0v) is 13.7. The van der Waals surface area contributed by atoms with E-state index in [2.05, 4.69) is 30.0 Å². The van der Waals surface area contributed by atoms with Gasteiger partial charge in [0.2, 0.25) is 0 Å². The Bertz CT molecular complexity index is 557. The maximum atomic E-state index is 5.93. The van der Waals surface area contributed by atoms with Crippen LogP contribution in [0.5, 0.6) is 0 Å². The van der Waals surface area contributed by atoms with Gasteiger partial charge in [-0.15, -0.1) is 0 Å². The molecule has 5 heteroatoms. The number of anilines is 1. The predicted octanol–water partition coefficient (Wildman–Crippen LogP) is 1.59. The molecule has 0 saturated carbocycles. The average molecular weight is 304 g/mol. The van der Waals surface area contributed by atoms with Crippen molar-refractivity contribution in [3.8, 4) is 0 Å². The molecule has 1 aromatic rings. The highest BCUT2D eigenvalue weighted by Crippen LogP contribution is 2.28. The summed E-state index contributed by atoms with van der Waals surface area (Å²) in [6.07, 6.45) is 4.64. The van der Waals surface area contributed by atoms with Crippen molar-refractivity contribution in [1.29, 1.82) is 0 Å². The highest BCUT2D eigenvalue weighted by Gasteiger charge is 2.24. The molecule has 21 heavy (non-hydrogen) atoms. The summed E-state index contributed by atoms with van der Waals surface area (Å²) < 4.78 is 0. The molecule has 1 saturated heterocycles. The summed E-state index contributed by atoms with van der Waals surface area (Å²) in [5, 5.41) is 0. The van der Waals surface area contributed by atoms with Crippen LogP contribution in [0.4, 0.5) is 5.82 Å². The van der Waals surface area contributed by atoms with Crippen molar-refractivity contribution in [3.63, 3.8) is 0 Å². The van der Waals surface area contributed by atoms with Gasteiger partial charge in [-0.05, 0) is 56.8 Å². The van der Waals surface area contributed by atoms with E-state index in [4.69, 9.17) is 22.9 Å². The molecular formula is C16H24N4S. The predicted molar refractivity (Wildman–Crippen MR) is 91.0 cm³/mol. The van der Waals surface area contributed by atoms with E-state index in [0.717, 1.165) is 37.3 Å². The molecule has 1 unspecified atom stereocenters. The molecule has 2 heterocycles. The van der Waals surface area contributed by atoms with Crippen LogP contribution in [0, 0.1) is 5.92 Å². The number of aryl methyl sites for hydroxylation is 2. The summed E-state index contributed by atoms with van der Waals surface area (Å²) in [6, 6.07) is 2.17. The Morgan fingerprint density at radius 1 is 1.52 bits per heavy atom. The fourth-order valence-corrected chi connectivity index (χ4v) is 3.73. The van der Waals surface area contributed by atoms with Crippen molar-refractivity contribution in [1.82, 2.24) is 9.88 Å². The number of aromatic nitrogens is 1. The summed E-state index contributed by atoms with van der Waals surface area (Å²) >= 11 is 5.24. The Balaban J connectivity index is 1.84. The summed E-state index contributed by atoms with van der Waals surface area (Å²) in [5.41, 5.74) is 9.44. The lowest BCUT2D eigenvalue weighted by molar-refractivity contribution is 0.395. The SMILES string of the molecule is CN1CCC(CN(C)c2nc3c(cc2C(N)=S)CCC3)C1. The van der Waals surface area contributed by atoms with E-state index in [1.165, 1.54) is 30.6 Å². The topological polar surface area (TPSA) is 45.4 Å². The zero-order valence-electron chi connectivity index (χ0n) is 12.9. The molecule has 0 amide bonds. The third kappa shape index (κ3) is 3.04. The van der Waals surface area contributed by atoms with E-state index in [9.17, 15) is 0 Å². The van der Waals surface area contributed by atoms with Gasteiger partial charge in [-0.2, -0.15) is 0 Å². The summed E-state index contributed by atoms with van der Waals surface area (Å²) in [6.45, 7) is 3.38. The van der Waals surface area contributed by atoms with Gasteiger partial charge in [-0.1, -0.05) is 12.2 Å². The van der Waals surface area contributed by atoms with Crippen molar-refractivity contribution in [2.75, 3.05) is 38.6 Å². The van der Waals surface area contributed by atoms with Gasteiger partial charge >= 0.3 is 0 Å². The molecule has 3 rings (SSSR count). The third-order valence-electron chi connectivity index (χ3n) is 4.68. The maximum absolute atomic E-state index is 5.93. The van der Waals surface area contributed by atoms with Crippen molar-refractivity contribution < 1.29 is 0 Å². The molecule has 0 radical (unpaired) electrons. The second kappa shape index (κ2) is 5.89. The van der Waals surface area contributed by atoms with Gasteiger partial charge in [0.15, 0.2) is 0 Å². The van der Waals surface area contributed by atoms with E-state index in [1.807, 2.05) is 0 Å². The molecule has 2 N–H and O–H groups in total. The maximum Gasteiger partial charge on any atom is 0.138 e. The number of rotatable bonds is 4. The highest BCUT2D eigenvalue weighted by atomic mass is 32.1. The van der Waals surface area contributed by atoms with Crippen molar-refractivity contribution in [3.05, 3.63) is 22.9 Å². The molecule has 1 atom stereocenters. The van der Waals surface area contributed by atoms with Gasteiger partial charge in [0.05, 0.1) is 5.56 Å². The molecular weight excluding hydrogens is 280 g/mol. The first kappa shape index (κ1) is 14.7. The van der Waals surface area contributed by atoms with E-state index in [1.54, 1.807) is 0 Å². The first-order valence-electron chi connectivity index (χ1n) is 7.77. The molecule has 1 aliphatic heterocycles. The fraction of sp³-hybridized carbons (Fsp3) is 0.625. The normalized spacial score (nSPS) is 21.5. The standard InChI is InChI=1S/C16H24N4S/c1-19-7-6-11(9-19)10-20(2)16-13(15(17)21)8-12-4-3-5-14(12)18-16/h8,11H,3-7,9-10H2,1-2H3,(H2,17,21). The average Bonchev–Trinajstić information content (AvgIpc) is 3.05. The minimum Gasteiger partial charge on any atom is -0.389 e. The first-order chi connectivity index (χ1) is 10.0. The highest BCUT2D eigenvalue weighted by molar-refractivity contribution is 7.80. The van der Waals surface area contributed by atoms with Crippen LogP contribution in [0.1, 0.15) is 29.7 Å². The quantitative estimate of drug-likeness (QED) is 0.856. The number of hydrogen-bond acceptors (Lipinski definition) is 4. The smallest absolute Gasteiger partial charge is 0.138 e. The molecule has 0 aromatic carbocycles. The van der Waals surface area contributed by atoms with Crippen molar-refractivity contribution in [2.45, 2.75) is 25.7 Å². The minimum atomic E-state index is 0.461. The first-order valence-corrected chi connectivity index (χ1v) is 8.17. The van der Waals surface area contributed by atoms with E-state index >= 15 is 0 Å². The van der Waals surface area contributed by atoms with Crippen molar-refractivity contribution >= 4 is 23.0 Å². The van der Waals surface area contributed by atoms with E-state index in [-0.39, 0.29) is 0 Å². The number of fused-ring (bicyclic) bond motifs is 1. The van der Waals surface area contributed by atoms with Gasteiger partial charge in [0.1, 0.15) is 10.8 Å². The summed E-state index contributed by atoms with van der Waals surface area (Å²) in [5.74, 6) is 1.67. The molecule has 0 bridgehead atoms. The summed E-state index contributed by atoms with van der Waals surface area (Å²) in [4.78, 5) is 9.98. The lowest BCUT2D eigenvalue weighted by atomic mass is 10.1. The fourth-order valence-electron chi connectivity index (χ4n) is 3.58. The Labute approximate surface area is 132 Å². The number of nitrogens with two attached hydrogens (primary N) is 1. The van der Waals surface area contributed by atoms with Crippen LogP contribution >= 0.6 is 12.2 Å². The lowest BCUT2D eigenvalue weighted by Crippen LogP contribution is -2.30. The molecule has 0 spiro atoms. The number of nitrogens with zero attached hydrogens (tertiary/aromatic N) is 3. The Morgan fingerprint density at radius 3 is 3.00 bits per heavy atom. The second-order valence-corrected chi connectivity index (χ2v) is 6.92. The minimum absolute atomic E-state index is 0.461. The van der Waals surface area contributed by atoms with Gasteiger partial charge in [-0.3, -0.25) is 0 Å². The van der Waals surface area contributed by atoms with Crippen molar-refractivity contribution in [2.24, 2.45) is 11.7 Å². The second-order valence-electron chi connectivity index (χ2n) is 6.48. The van der Waals surface area contributed by atoms with Crippen LogP contribution in [0.3, 0.4) is 0 Å². The molecule has 1 fully saturated rings. The van der Waals surface area contributed by atoms with E-state index in [0.29, 0.717) is 10.9 Å². The third-order valence-corrected chi connectivity index (χ3v) is 4.90. The number of pyridine rings is 1. The number of thiocarbonyl (C=S) groups is 1. The molecule has 2 aliphatic rings. The molecule has 1 aromatic heterocycles. The van der Waals surface area contributed by atoms with Crippen LogP contribution < -0.4 is 10.6 Å². The number of likely N-dealkylation sites (tertiary alicyclic amines) is 1. The van der Waals surface area contributed by atoms with Crippen LogP contribution in [-0.2, 0) is 12.8 Å². The molecule has 114 valence electrons. The van der Waals surface area contributed by atoms with Crippen LogP contribution in [0.15, 0.2) is 6.07 Å². The molecule has 1 aliphatic carbocycles. The Morgan fingerprint density at radius 2 is 2.33 bits per heavy atom. The van der Waals surface area contributed by atoms with Crippen LogP contribution in [-0.4, -0.2) is 48.6 Å². The Kier molecular flexibility index (Phi) is 4.13. The van der Waals surface area contributed by atoms with Gasteiger partial charge in [0.25, 0.3) is 0 Å². The number of hydrogen-bond donors (Lipinski definition) is 1. The van der Waals surface area contributed by atoms with Gasteiger partial charge < -0.3 is 15.5 Å². The van der Waals surface area contributed by atoms with Gasteiger partial charge in [0, 0.05) is 25.8 Å². The molecule has 4 nitrogen and oxygen atoms in total. The van der Waals surface area contributed by atoms with Gasteiger partial charge in [-0.25, -0.2) is 4.98 Å². The Hall–Kier alpha value is -1.20. The largest absolute Gasteiger partial charge is 0.389 e. The summed E-state index contributed by atoms with van der Waals surface area (Å²) in [7, 11) is 4.30.